The van der Waals surface area contributed by atoms with Crippen molar-refractivity contribution in [1.82, 2.24) is 0 Å². The average molecular weight is 175 g/mol. The quantitative estimate of drug-likeness (QED) is 0.645. The van der Waals surface area contributed by atoms with Crippen molar-refractivity contribution >= 4 is 9.84 Å². The molecular weight excluding hydrogens is 162 g/mol. The van der Waals surface area contributed by atoms with Gasteiger partial charge in [0.1, 0.15) is 0 Å². The number of hydrogen-bond acceptors (Lipinski definition) is 3. The van der Waals surface area contributed by atoms with Crippen LogP contribution in [0.3, 0.4) is 0 Å². The first-order valence-electron chi connectivity index (χ1n) is 3.51. The van der Waals surface area contributed by atoms with E-state index < -0.39 is 14.6 Å². The first-order valence-corrected chi connectivity index (χ1v) is 5.16. The molecular formula is C7H13NO2S. The van der Waals surface area contributed by atoms with Crippen molar-refractivity contribution in [2.45, 2.75) is 31.9 Å². The van der Waals surface area contributed by atoms with Crippen LogP contribution in [-0.2, 0) is 9.84 Å². The van der Waals surface area contributed by atoms with Crippen LogP contribution in [0.4, 0.5) is 0 Å². The van der Waals surface area contributed by atoms with E-state index in [1.807, 2.05) is 0 Å². The van der Waals surface area contributed by atoms with Crippen LogP contribution >= 0.6 is 0 Å². The molecule has 0 unspecified atom stereocenters. The lowest BCUT2D eigenvalue weighted by Gasteiger charge is -2.14. The Morgan fingerprint density at radius 1 is 1.45 bits per heavy atom. The third kappa shape index (κ3) is 2.19. The van der Waals surface area contributed by atoms with Crippen LogP contribution in [0.25, 0.3) is 0 Å². The Morgan fingerprint density at radius 2 is 1.91 bits per heavy atom. The molecule has 0 spiro atoms. The zero-order valence-corrected chi connectivity index (χ0v) is 7.90. The minimum atomic E-state index is -3.22. The summed E-state index contributed by atoms with van der Waals surface area (Å²) in [7, 11) is -3.22. The molecule has 0 radical (unpaired) electrons. The van der Waals surface area contributed by atoms with Crippen LogP contribution in [-0.4, -0.2) is 18.9 Å². The van der Waals surface area contributed by atoms with Crippen LogP contribution in [0, 0.1) is 11.3 Å². The molecule has 0 saturated heterocycles. The van der Waals surface area contributed by atoms with E-state index >= 15 is 0 Å². The van der Waals surface area contributed by atoms with Crippen molar-refractivity contribution in [2.75, 3.05) is 5.75 Å². The molecule has 0 aromatic rings. The molecule has 0 aliphatic rings. The first kappa shape index (κ1) is 10.4. The molecule has 4 heteroatoms. The summed E-state index contributed by atoms with van der Waals surface area (Å²) in [4.78, 5) is 0. The Labute approximate surface area is 67.9 Å². The topological polar surface area (TPSA) is 57.9 Å². The van der Waals surface area contributed by atoms with E-state index in [1.165, 1.54) is 13.8 Å². The molecule has 0 heterocycles. The van der Waals surface area contributed by atoms with E-state index in [-0.39, 0.29) is 5.75 Å². The van der Waals surface area contributed by atoms with E-state index in [4.69, 9.17) is 5.26 Å². The third-order valence-electron chi connectivity index (χ3n) is 1.52. The van der Waals surface area contributed by atoms with Crippen molar-refractivity contribution in [3.63, 3.8) is 0 Å². The van der Waals surface area contributed by atoms with Crippen LogP contribution in [0.5, 0.6) is 0 Å². The molecule has 0 aliphatic carbocycles. The summed E-state index contributed by atoms with van der Waals surface area (Å²) in [6.45, 7) is 4.64. The predicted octanol–water partition coefficient (Wildman–Crippen LogP) is 1.11. The van der Waals surface area contributed by atoms with Gasteiger partial charge >= 0.3 is 0 Å². The summed E-state index contributed by atoms with van der Waals surface area (Å²) in [6, 6.07) is 1.78. The van der Waals surface area contributed by atoms with Gasteiger partial charge in [0.2, 0.25) is 0 Å². The zero-order valence-electron chi connectivity index (χ0n) is 7.09. The van der Waals surface area contributed by atoms with Crippen molar-refractivity contribution in [2.24, 2.45) is 0 Å². The Morgan fingerprint density at radius 3 is 2.18 bits per heavy atom. The Bertz CT molecular complexity index is 259. The van der Waals surface area contributed by atoms with Crippen molar-refractivity contribution in [1.29, 1.82) is 5.26 Å². The molecule has 0 bridgehead atoms. The Hall–Kier alpha value is -0.560. The van der Waals surface area contributed by atoms with Crippen molar-refractivity contribution < 1.29 is 8.42 Å². The molecule has 0 N–H and O–H groups in total. The number of nitriles is 1. The van der Waals surface area contributed by atoms with Gasteiger partial charge in [0, 0.05) is 0 Å². The van der Waals surface area contributed by atoms with E-state index in [0.29, 0.717) is 6.42 Å². The van der Waals surface area contributed by atoms with Gasteiger partial charge in [-0.25, -0.2) is 8.42 Å². The zero-order chi connectivity index (χ0) is 9.12. The maximum absolute atomic E-state index is 11.3. The van der Waals surface area contributed by atoms with Crippen LogP contribution in [0.1, 0.15) is 27.2 Å². The smallest absolute Gasteiger partial charge is 0.168 e. The number of rotatable bonds is 3. The van der Waals surface area contributed by atoms with Gasteiger partial charge in [-0.05, 0) is 20.3 Å². The maximum Gasteiger partial charge on any atom is 0.168 e. The number of nitrogens with zero attached hydrogens (tertiary/aromatic N) is 1. The third-order valence-corrected chi connectivity index (χ3v) is 4.11. The monoisotopic (exact) mass is 175 g/mol. The molecule has 0 rings (SSSR count). The SMILES string of the molecule is CCCS(=O)(=O)C(C)(C)C#N. The molecule has 64 valence electrons. The highest BCUT2D eigenvalue weighted by atomic mass is 32.2. The van der Waals surface area contributed by atoms with E-state index in [1.54, 1.807) is 13.0 Å². The minimum absolute atomic E-state index is 0.0908. The van der Waals surface area contributed by atoms with Gasteiger partial charge in [-0.15, -0.1) is 0 Å². The van der Waals surface area contributed by atoms with Gasteiger partial charge in [0.25, 0.3) is 0 Å². The van der Waals surface area contributed by atoms with Gasteiger partial charge in [0.05, 0.1) is 11.8 Å². The summed E-state index contributed by atoms with van der Waals surface area (Å²) in [5.41, 5.74) is 0. The second kappa shape index (κ2) is 3.22. The summed E-state index contributed by atoms with van der Waals surface area (Å²) >= 11 is 0. The standard InChI is InChI=1S/C7H13NO2S/c1-4-5-11(9,10)7(2,3)6-8/h4-5H2,1-3H3. The summed E-state index contributed by atoms with van der Waals surface area (Å²) < 4.78 is 21.3. The average Bonchev–Trinajstić information content (AvgIpc) is 1.87. The van der Waals surface area contributed by atoms with Crippen molar-refractivity contribution in [3.8, 4) is 6.07 Å². The highest BCUT2D eigenvalue weighted by Crippen LogP contribution is 2.16. The fourth-order valence-electron chi connectivity index (χ4n) is 0.593. The predicted molar refractivity (Wildman–Crippen MR) is 43.8 cm³/mol. The van der Waals surface area contributed by atoms with Crippen LogP contribution in [0.2, 0.25) is 0 Å². The molecule has 0 amide bonds. The van der Waals surface area contributed by atoms with Crippen LogP contribution in [0.15, 0.2) is 0 Å². The molecule has 0 saturated carbocycles. The highest BCUT2D eigenvalue weighted by molar-refractivity contribution is 7.93. The summed E-state index contributed by atoms with van der Waals surface area (Å²) in [6.07, 6.45) is 0.563. The second-order valence-corrected chi connectivity index (χ2v) is 5.60. The fourth-order valence-corrected chi connectivity index (χ4v) is 1.78. The largest absolute Gasteiger partial charge is 0.227 e. The fraction of sp³-hybridized carbons (Fsp3) is 0.857. The summed E-state index contributed by atoms with van der Waals surface area (Å²) in [5, 5.41) is 8.53. The lowest BCUT2D eigenvalue weighted by molar-refractivity contribution is 0.573. The molecule has 11 heavy (non-hydrogen) atoms. The molecule has 0 aliphatic heterocycles. The molecule has 0 atom stereocenters. The maximum atomic E-state index is 11.3. The van der Waals surface area contributed by atoms with Gasteiger partial charge in [-0.1, -0.05) is 6.92 Å². The van der Waals surface area contributed by atoms with Gasteiger partial charge in [-0.2, -0.15) is 5.26 Å². The molecule has 0 aromatic carbocycles. The highest BCUT2D eigenvalue weighted by Gasteiger charge is 2.32. The van der Waals surface area contributed by atoms with E-state index in [9.17, 15) is 8.42 Å². The van der Waals surface area contributed by atoms with Gasteiger partial charge in [-0.3, -0.25) is 0 Å². The molecule has 0 fully saturated rings. The van der Waals surface area contributed by atoms with Crippen LogP contribution < -0.4 is 0 Å². The Kier molecular flexibility index (Phi) is 3.06. The van der Waals surface area contributed by atoms with Gasteiger partial charge in [0.15, 0.2) is 14.6 Å². The second-order valence-electron chi connectivity index (χ2n) is 2.94. The Balaban J connectivity index is 4.74. The minimum Gasteiger partial charge on any atom is -0.227 e. The first-order chi connectivity index (χ1) is 4.87. The molecule has 0 aromatic heterocycles. The molecule has 3 nitrogen and oxygen atoms in total. The van der Waals surface area contributed by atoms with E-state index in [0.717, 1.165) is 0 Å². The normalized spacial score (nSPS) is 12.5. The number of hydrogen-bond donors (Lipinski definition) is 0. The van der Waals surface area contributed by atoms with Gasteiger partial charge < -0.3 is 0 Å². The lowest BCUT2D eigenvalue weighted by Crippen LogP contribution is -2.31. The summed E-state index contributed by atoms with van der Waals surface area (Å²) in [5.74, 6) is 0.0908. The lowest BCUT2D eigenvalue weighted by atomic mass is 10.2. The van der Waals surface area contributed by atoms with Crippen molar-refractivity contribution in [3.05, 3.63) is 0 Å². The number of sulfone groups is 1. The van der Waals surface area contributed by atoms with E-state index in [2.05, 4.69) is 0 Å².